The van der Waals surface area contributed by atoms with Gasteiger partial charge in [-0.1, -0.05) is 38.3 Å². The van der Waals surface area contributed by atoms with Gasteiger partial charge in [0.2, 0.25) is 0 Å². The van der Waals surface area contributed by atoms with Crippen LogP contribution in [0.5, 0.6) is 11.5 Å². The Morgan fingerprint density at radius 1 is 1.14 bits per heavy atom. The molecule has 0 aliphatic heterocycles. The van der Waals surface area contributed by atoms with E-state index in [0.717, 1.165) is 53.1 Å². The van der Waals surface area contributed by atoms with Gasteiger partial charge in [0.05, 0.1) is 0 Å². The fourth-order valence-electron chi connectivity index (χ4n) is 4.73. The minimum Gasteiger partial charge on any atom is -0.422 e. The van der Waals surface area contributed by atoms with Crippen LogP contribution in [0.2, 0.25) is 0 Å². The van der Waals surface area contributed by atoms with Crippen LogP contribution in [0.3, 0.4) is 0 Å². The summed E-state index contributed by atoms with van der Waals surface area (Å²) in [5.41, 5.74) is 3.48. The van der Waals surface area contributed by atoms with Gasteiger partial charge in [-0.25, -0.2) is 9.59 Å². The van der Waals surface area contributed by atoms with Gasteiger partial charge >= 0.3 is 11.9 Å². The molecule has 2 bridgehead atoms. The van der Waals surface area contributed by atoms with Crippen LogP contribution in [0.15, 0.2) is 43.0 Å². The van der Waals surface area contributed by atoms with Gasteiger partial charge in [0, 0.05) is 33.5 Å². The van der Waals surface area contributed by atoms with Crippen molar-refractivity contribution >= 4 is 22.7 Å². The highest BCUT2D eigenvalue weighted by atomic mass is 16.5. The topological polar surface area (TPSA) is 52.6 Å². The molecule has 28 heavy (non-hydrogen) atoms. The first kappa shape index (κ1) is 18.5. The zero-order chi connectivity index (χ0) is 20.0. The quantitative estimate of drug-likeness (QED) is 0.401. The largest absolute Gasteiger partial charge is 0.422 e. The SMILES string of the molecule is C=CC(=O)Oc1c2c(c(OC(=O)C(=C)C)c3cccc(CC)c13)C1CCC2C1. The van der Waals surface area contributed by atoms with Gasteiger partial charge in [-0.2, -0.15) is 0 Å². The van der Waals surface area contributed by atoms with Gasteiger partial charge < -0.3 is 9.47 Å². The lowest BCUT2D eigenvalue weighted by molar-refractivity contribution is -0.130. The molecule has 2 unspecified atom stereocenters. The van der Waals surface area contributed by atoms with E-state index in [1.807, 2.05) is 18.2 Å². The number of fused-ring (bicyclic) bond motifs is 6. The number of benzene rings is 2. The predicted molar refractivity (Wildman–Crippen MR) is 109 cm³/mol. The lowest BCUT2D eigenvalue weighted by Crippen LogP contribution is -2.14. The maximum Gasteiger partial charge on any atom is 0.338 e. The molecule has 4 rings (SSSR count). The van der Waals surface area contributed by atoms with Crippen molar-refractivity contribution in [2.75, 3.05) is 0 Å². The number of rotatable bonds is 5. The molecule has 2 atom stereocenters. The lowest BCUT2D eigenvalue weighted by atomic mass is 9.85. The molecule has 0 amide bonds. The number of hydrogen-bond acceptors (Lipinski definition) is 4. The van der Waals surface area contributed by atoms with E-state index in [-0.39, 0.29) is 0 Å². The van der Waals surface area contributed by atoms with Crippen molar-refractivity contribution in [3.63, 3.8) is 0 Å². The molecule has 1 saturated carbocycles. The summed E-state index contributed by atoms with van der Waals surface area (Å²) in [4.78, 5) is 24.6. The first-order valence-corrected chi connectivity index (χ1v) is 9.79. The van der Waals surface area contributed by atoms with Gasteiger partial charge in [0.25, 0.3) is 0 Å². The van der Waals surface area contributed by atoms with E-state index >= 15 is 0 Å². The van der Waals surface area contributed by atoms with E-state index < -0.39 is 11.9 Å². The molecule has 2 aliphatic carbocycles. The number of carbonyl (C=O) groups excluding carboxylic acids is 2. The molecule has 1 fully saturated rings. The number of aryl methyl sites for hydroxylation is 1. The smallest absolute Gasteiger partial charge is 0.338 e. The van der Waals surface area contributed by atoms with Crippen LogP contribution in [-0.2, 0) is 16.0 Å². The van der Waals surface area contributed by atoms with E-state index in [0.29, 0.717) is 28.9 Å². The van der Waals surface area contributed by atoms with E-state index in [4.69, 9.17) is 9.47 Å². The van der Waals surface area contributed by atoms with E-state index in [9.17, 15) is 9.59 Å². The van der Waals surface area contributed by atoms with Crippen LogP contribution >= 0.6 is 0 Å². The summed E-state index contributed by atoms with van der Waals surface area (Å²) in [7, 11) is 0. The number of ether oxygens (including phenoxy) is 2. The highest BCUT2D eigenvalue weighted by molar-refractivity contribution is 6.03. The monoisotopic (exact) mass is 376 g/mol. The molecule has 4 nitrogen and oxygen atoms in total. The molecule has 2 aliphatic rings. The van der Waals surface area contributed by atoms with Crippen LogP contribution < -0.4 is 9.47 Å². The fourth-order valence-corrected chi connectivity index (χ4v) is 4.73. The van der Waals surface area contributed by atoms with Crippen molar-refractivity contribution in [1.82, 2.24) is 0 Å². The van der Waals surface area contributed by atoms with Crippen LogP contribution in [-0.4, -0.2) is 11.9 Å². The molecular weight excluding hydrogens is 352 g/mol. The van der Waals surface area contributed by atoms with Crippen molar-refractivity contribution in [1.29, 1.82) is 0 Å². The van der Waals surface area contributed by atoms with Crippen LogP contribution in [0.1, 0.15) is 61.6 Å². The summed E-state index contributed by atoms with van der Waals surface area (Å²) in [6.07, 6.45) is 5.09. The highest BCUT2D eigenvalue weighted by Gasteiger charge is 2.43. The Morgan fingerprint density at radius 2 is 1.82 bits per heavy atom. The highest BCUT2D eigenvalue weighted by Crippen LogP contribution is 2.61. The van der Waals surface area contributed by atoms with E-state index in [2.05, 4.69) is 20.1 Å². The van der Waals surface area contributed by atoms with Crippen LogP contribution in [0.4, 0.5) is 0 Å². The van der Waals surface area contributed by atoms with Gasteiger partial charge in [0.15, 0.2) is 0 Å². The predicted octanol–water partition coefficient (Wildman–Crippen LogP) is 5.34. The second-order valence-corrected chi connectivity index (χ2v) is 7.68. The summed E-state index contributed by atoms with van der Waals surface area (Å²) in [6, 6.07) is 5.92. The van der Waals surface area contributed by atoms with Crippen molar-refractivity contribution in [3.8, 4) is 11.5 Å². The number of hydrogen-bond donors (Lipinski definition) is 0. The standard InChI is InChI=1S/C24H24O4/c1-5-14-8-7-9-17-19(14)23(27-18(25)6-2)21-16-11-10-15(12-16)20(21)22(17)28-24(26)13(3)4/h6-9,15-16H,2-3,5,10-12H2,1,4H3. The third kappa shape index (κ3) is 2.75. The molecule has 0 aromatic heterocycles. The Bertz CT molecular complexity index is 1030. The Hall–Kier alpha value is -2.88. The van der Waals surface area contributed by atoms with Crippen LogP contribution in [0.25, 0.3) is 10.8 Å². The summed E-state index contributed by atoms with van der Waals surface area (Å²) in [6.45, 7) is 11.0. The second kappa shape index (κ2) is 6.93. The average molecular weight is 376 g/mol. The Labute approximate surface area is 164 Å². The van der Waals surface area contributed by atoms with Crippen LogP contribution in [0, 0.1) is 0 Å². The minimum atomic E-state index is -0.469. The molecule has 0 radical (unpaired) electrons. The molecule has 0 heterocycles. The van der Waals surface area contributed by atoms with Gasteiger partial charge in [-0.3, -0.25) is 0 Å². The molecular formula is C24H24O4. The minimum absolute atomic E-state index is 0.323. The summed E-state index contributed by atoms with van der Waals surface area (Å²) in [5.74, 6) is 0.981. The zero-order valence-electron chi connectivity index (χ0n) is 16.3. The molecule has 2 aromatic carbocycles. The lowest BCUT2D eigenvalue weighted by Gasteiger charge is -2.25. The average Bonchev–Trinajstić information content (AvgIpc) is 3.31. The van der Waals surface area contributed by atoms with Gasteiger partial charge in [-0.05, 0) is 50.0 Å². The molecule has 0 saturated heterocycles. The maximum atomic E-state index is 12.4. The van der Waals surface area contributed by atoms with Crippen molar-refractivity contribution in [2.24, 2.45) is 0 Å². The van der Waals surface area contributed by atoms with Crippen molar-refractivity contribution < 1.29 is 19.1 Å². The summed E-state index contributed by atoms with van der Waals surface area (Å²) in [5, 5.41) is 1.67. The molecule has 0 N–H and O–H groups in total. The van der Waals surface area contributed by atoms with Gasteiger partial charge in [-0.15, -0.1) is 0 Å². The molecule has 2 aromatic rings. The number of carbonyl (C=O) groups is 2. The van der Waals surface area contributed by atoms with Gasteiger partial charge in [0.1, 0.15) is 11.5 Å². The molecule has 144 valence electrons. The fraction of sp³-hybridized carbons (Fsp3) is 0.333. The maximum absolute atomic E-state index is 12.4. The summed E-state index contributed by atoms with van der Waals surface area (Å²) >= 11 is 0. The second-order valence-electron chi connectivity index (χ2n) is 7.68. The molecule has 0 spiro atoms. The third-order valence-electron chi connectivity index (χ3n) is 5.94. The first-order valence-electron chi connectivity index (χ1n) is 9.79. The number of esters is 2. The zero-order valence-corrected chi connectivity index (χ0v) is 16.3. The molecule has 4 heteroatoms. The van der Waals surface area contributed by atoms with E-state index in [1.54, 1.807) is 6.92 Å². The Balaban J connectivity index is 2.07. The first-order chi connectivity index (χ1) is 13.5. The van der Waals surface area contributed by atoms with E-state index in [1.165, 1.54) is 6.08 Å². The van der Waals surface area contributed by atoms with Crippen molar-refractivity contribution in [3.05, 3.63) is 59.7 Å². The third-order valence-corrected chi connectivity index (χ3v) is 5.94. The Morgan fingerprint density at radius 3 is 2.43 bits per heavy atom. The summed E-state index contributed by atoms with van der Waals surface area (Å²) < 4.78 is 11.7. The van der Waals surface area contributed by atoms with Crippen molar-refractivity contribution in [2.45, 2.75) is 51.4 Å². The normalized spacial score (nSPS) is 19.4. The Kier molecular flexibility index (Phi) is 4.58.